The monoisotopic (exact) mass is 411 g/mol. The minimum absolute atomic E-state index is 0.00427. The first-order valence-corrected chi connectivity index (χ1v) is 10.6. The van der Waals surface area contributed by atoms with Gasteiger partial charge < -0.3 is 4.74 Å². The van der Waals surface area contributed by atoms with E-state index in [2.05, 4.69) is 0 Å². The van der Waals surface area contributed by atoms with E-state index in [4.69, 9.17) is 9.72 Å². The number of hydrogen-bond acceptors (Lipinski definition) is 6. The van der Waals surface area contributed by atoms with E-state index in [1.807, 2.05) is 28.8 Å². The van der Waals surface area contributed by atoms with E-state index in [1.165, 1.54) is 17.8 Å². The Morgan fingerprint density at radius 3 is 2.66 bits per heavy atom. The first-order chi connectivity index (χ1) is 14.1. The number of benzene rings is 2. The molecular formula is C21H21N3O4S. The molecule has 8 heteroatoms. The minimum Gasteiger partial charge on any atom is -0.486 e. The molecule has 1 aliphatic carbocycles. The van der Waals surface area contributed by atoms with Crippen LogP contribution in [-0.2, 0) is 0 Å². The van der Waals surface area contributed by atoms with Crippen molar-refractivity contribution >= 4 is 28.4 Å². The zero-order valence-corrected chi connectivity index (χ0v) is 16.6. The molecule has 1 heterocycles. The first-order valence-electron chi connectivity index (χ1n) is 9.65. The van der Waals surface area contributed by atoms with Crippen molar-refractivity contribution in [1.29, 1.82) is 0 Å². The van der Waals surface area contributed by atoms with E-state index >= 15 is 0 Å². The molecule has 4 rings (SSSR count). The summed E-state index contributed by atoms with van der Waals surface area (Å²) in [6, 6.07) is 13.9. The Morgan fingerprint density at radius 2 is 1.86 bits per heavy atom. The third-order valence-corrected chi connectivity index (χ3v) is 6.02. The van der Waals surface area contributed by atoms with Gasteiger partial charge >= 0.3 is 5.69 Å². The predicted molar refractivity (Wildman–Crippen MR) is 113 cm³/mol. The molecule has 29 heavy (non-hydrogen) atoms. The Balaban J connectivity index is 1.54. The summed E-state index contributed by atoms with van der Waals surface area (Å²) in [5, 5.41) is 12.4. The summed E-state index contributed by atoms with van der Waals surface area (Å²) in [7, 11) is 0. The van der Waals surface area contributed by atoms with Crippen LogP contribution in [0.25, 0.3) is 10.9 Å². The molecule has 0 saturated heterocycles. The number of rotatable bonds is 7. The fourth-order valence-electron chi connectivity index (χ4n) is 3.73. The van der Waals surface area contributed by atoms with Gasteiger partial charge in [0.1, 0.15) is 0 Å². The van der Waals surface area contributed by atoms with Crippen LogP contribution in [0, 0.1) is 10.1 Å². The van der Waals surface area contributed by atoms with Gasteiger partial charge in [-0.25, -0.2) is 4.98 Å². The van der Waals surface area contributed by atoms with Crippen LogP contribution in [0.5, 0.6) is 5.75 Å². The molecule has 3 aromatic rings. The van der Waals surface area contributed by atoms with E-state index in [9.17, 15) is 14.9 Å². The van der Waals surface area contributed by atoms with Crippen molar-refractivity contribution in [1.82, 2.24) is 9.55 Å². The van der Waals surface area contributed by atoms with Gasteiger partial charge in [-0.1, -0.05) is 48.9 Å². The smallest absolute Gasteiger partial charge is 0.310 e. The van der Waals surface area contributed by atoms with Gasteiger partial charge in [0.15, 0.2) is 10.9 Å². The van der Waals surface area contributed by atoms with Crippen LogP contribution in [0.3, 0.4) is 0 Å². The van der Waals surface area contributed by atoms with Crippen molar-refractivity contribution < 1.29 is 9.66 Å². The summed E-state index contributed by atoms with van der Waals surface area (Å²) in [6.07, 6.45) is 4.21. The molecule has 1 aliphatic rings. The lowest BCUT2D eigenvalue weighted by atomic mass is 10.2. The molecule has 1 saturated carbocycles. The highest BCUT2D eigenvalue weighted by Crippen LogP contribution is 2.32. The van der Waals surface area contributed by atoms with Crippen LogP contribution in [0.1, 0.15) is 31.7 Å². The van der Waals surface area contributed by atoms with Gasteiger partial charge in [-0.3, -0.25) is 19.5 Å². The molecule has 0 amide bonds. The SMILES string of the molecule is O=c1c2ccccc2nc(SCCOc2ccccc2[N+](=O)[O-])n1C1CCCC1. The molecule has 2 aromatic carbocycles. The van der Waals surface area contributed by atoms with Gasteiger partial charge in [-0.15, -0.1) is 0 Å². The quantitative estimate of drug-likeness (QED) is 0.186. The molecule has 0 unspecified atom stereocenters. The van der Waals surface area contributed by atoms with E-state index in [0.29, 0.717) is 21.8 Å². The number of thioether (sulfide) groups is 1. The van der Waals surface area contributed by atoms with E-state index in [0.717, 1.165) is 25.7 Å². The Kier molecular flexibility index (Phi) is 5.80. The Labute approximate surface area is 171 Å². The lowest BCUT2D eigenvalue weighted by Crippen LogP contribution is -2.26. The molecular weight excluding hydrogens is 390 g/mol. The zero-order chi connectivity index (χ0) is 20.2. The number of fused-ring (bicyclic) bond motifs is 1. The van der Waals surface area contributed by atoms with Crippen LogP contribution < -0.4 is 10.3 Å². The van der Waals surface area contributed by atoms with Crippen molar-refractivity contribution in [3.63, 3.8) is 0 Å². The Morgan fingerprint density at radius 1 is 1.14 bits per heavy atom. The maximum absolute atomic E-state index is 13.1. The van der Waals surface area contributed by atoms with Gasteiger partial charge in [0, 0.05) is 17.9 Å². The molecule has 1 fully saturated rings. The predicted octanol–water partition coefficient (Wildman–Crippen LogP) is 4.59. The summed E-state index contributed by atoms with van der Waals surface area (Å²) < 4.78 is 7.46. The Bertz CT molecular complexity index is 1090. The second kappa shape index (κ2) is 8.65. The van der Waals surface area contributed by atoms with Gasteiger partial charge in [-0.05, 0) is 31.0 Å². The topological polar surface area (TPSA) is 87.3 Å². The van der Waals surface area contributed by atoms with Gasteiger partial charge in [0.2, 0.25) is 0 Å². The number of nitro groups is 1. The van der Waals surface area contributed by atoms with E-state index < -0.39 is 4.92 Å². The third-order valence-electron chi connectivity index (χ3n) is 5.10. The van der Waals surface area contributed by atoms with Crippen LogP contribution in [0.15, 0.2) is 58.5 Å². The highest BCUT2D eigenvalue weighted by atomic mass is 32.2. The summed E-state index contributed by atoms with van der Waals surface area (Å²) in [5.74, 6) is 0.779. The second-order valence-electron chi connectivity index (χ2n) is 6.95. The average Bonchev–Trinajstić information content (AvgIpc) is 3.26. The molecule has 0 atom stereocenters. The van der Waals surface area contributed by atoms with Crippen LogP contribution in [-0.4, -0.2) is 26.8 Å². The maximum Gasteiger partial charge on any atom is 0.310 e. The number of aromatic nitrogens is 2. The van der Waals surface area contributed by atoms with Crippen LogP contribution in [0.4, 0.5) is 5.69 Å². The van der Waals surface area contributed by atoms with Crippen LogP contribution in [0.2, 0.25) is 0 Å². The molecule has 0 aliphatic heterocycles. The fourth-order valence-corrected chi connectivity index (χ4v) is 4.61. The van der Waals surface area contributed by atoms with Gasteiger partial charge in [0.25, 0.3) is 5.56 Å². The molecule has 7 nitrogen and oxygen atoms in total. The maximum atomic E-state index is 13.1. The summed E-state index contributed by atoms with van der Waals surface area (Å²) in [6.45, 7) is 0.281. The van der Waals surface area contributed by atoms with Gasteiger partial charge in [-0.2, -0.15) is 0 Å². The van der Waals surface area contributed by atoms with Crippen molar-refractivity contribution in [2.75, 3.05) is 12.4 Å². The number of hydrogen-bond donors (Lipinski definition) is 0. The molecule has 0 N–H and O–H groups in total. The molecule has 150 valence electrons. The second-order valence-corrected chi connectivity index (χ2v) is 8.01. The summed E-state index contributed by atoms with van der Waals surface area (Å²) >= 11 is 1.45. The highest BCUT2D eigenvalue weighted by Gasteiger charge is 2.23. The van der Waals surface area contributed by atoms with Crippen molar-refractivity contribution in [3.8, 4) is 5.75 Å². The summed E-state index contributed by atoms with van der Waals surface area (Å²) in [5.41, 5.74) is 0.641. The highest BCUT2D eigenvalue weighted by molar-refractivity contribution is 7.99. The van der Waals surface area contributed by atoms with E-state index in [-0.39, 0.29) is 29.6 Å². The molecule has 0 spiro atoms. The molecule has 0 radical (unpaired) electrons. The van der Waals surface area contributed by atoms with Crippen molar-refractivity contribution in [3.05, 3.63) is 69.0 Å². The number of para-hydroxylation sites is 3. The number of nitrogens with zero attached hydrogens (tertiary/aromatic N) is 3. The lowest BCUT2D eigenvalue weighted by Gasteiger charge is -2.18. The normalized spacial score (nSPS) is 14.3. The largest absolute Gasteiger partial charge is 0.486 e. The van der Waals surface area contributed by atoms with Gasteiger partial charge in [0.05, 0.1) is 22.4 Å². The Hall–Kier alpha value is -2.87. The molecule has 1 aromatic heterocycles. The lowest BCUT2D eigenvalue weighted by molar-refractivity contribution is -0.385. The average molecular weight is 411 g/mol. The number of nitro benzene ring substituents is 1. The minimum atomic E-state index is -0.453. The fraction of sp³-hybridized carbons (Fsp3) is 0.333. The standard InChI is InChI=1S/C21H21N3O4S/c25-20-16-9-3-4-10-17(16)22-21(23(20)15-7-1-2-8-15)29-14-13-28-19-12-6-5-11-18(19)24(26)27/h3-6,9-12,15H,1-2,7-8,13-14H2. The van der Waals surface area contributed by atoms with Crippen molar-refractivity contribution in [2.24, 2.45) is 0 Å². The van der Waals surface area contributed by atoms with Crippen LogP contribution >= 0.6 is 11.8 Å². The first kappa shape index (κ1) is 19.4. The van der Waals surface area contributed by atoms with Crippen molar-refractivity contribution in [2.45, 2.75) is 36.9 Å². The van der Waals surface area contributed by atoms with E-state index in [1.54, 1.807) is 18.2 Å². The third kappa shape index (κ3) is 4.12. The summed E-state index contributed by atoms with van der Waals surface area (Å²) in [4.78, 5) is 28.5. The zero-order valence-electron chi connectivity index (χ0n) is 15.8. The number of ether oxygens (including phenoxy) is 1. The molecule has 0 bridgehead atoms.